The smallest absolute Gasteiger partial charge is 0.251 e. The van der Waals surface area contributed by atoms with E-state index in [9.17, 15) is 9.59 Å². The van der Waals surface area contributed by atoms with Crippen molar-refractivity contribution in [2.45, 2.75) is 43.9 Å². The number of carbonyl (C=O) groups excluding carboxylic acids is 2. The second-order valence-corrected chi connectivity index (χ2v) is 7.00. The number of ether oxygens (including phenoxy) is 2. The van der Waals surface area contributed by atoms with Gasteiger partial charge >= 0.3 is 0 Å². The highest BCUT2D eigenvalue weighted by atomic mass is 16.5. The predicted octanol–water partition coefficient (Wildman–Crippen LogP) is 0.719. The molecule has 7 heteroatoms. The first-order chi connectivity index (χ1) is 12.6. The fraction of sp³-hybridized carbons (Fsp3) is 0.579. The van der Waals surface area contributed by atoms with E-state index in [1.165, 1.54) is 0 Å². The zero-order valence-electron chi connectivity index (χ0n) is 15.0. The number of amides is 2. The molecule has 0 aromatic heterocycles. The zero-order valence-corrected chi connectivity index (χ0v) is 15.0. The molecule has 4 N–H and O–H groups in total. The van der Waals surface area contributed by atoms with E-state index in [2.05, 4.69) is 10.6 Å². The molecule has 26 heavy (non-hydrogen) atoms. The molecule has 3 rings (SSSR count). The average molecular weight is 361 g/mol. The summed E-state index contributed by atoms with van der Waals surface area (Å²) in [5.41, 5.74) is 6.74. The molecule has 1 unspecified atom stereocenters. The number of hydrogen-bond donors (Lipinski definition) is 3. The molecule has 0 saturated carbocycles. The van der Waals surface area contributed by atoms with Gasteiger partial charge in [0, 0.05) is 38.5 Å². The third-order valence-electron chi connectivity index (χ3n) is 4.99. The summed E-state index contributed by atoms with van der Waals surface area (Å²) in [6.07, 6.45) is 3.18. The van der Waals surface area contributed by atoms with Gasteiger partial charge in [-0.15, -0.1) is 0 Å². The summed E-state index contributed by atoms with van der Waals surface area (Å²) in [5.74, 6) is -0.303. The molecule has 2 amide bonds. The zero-order chi connectivity index (χ0) is 18.4. The summed E-state index contributed by atoms with van der Waals surface area (Å²) in [4.78, 5) is 24.7. The van der Waals surface area contributed by atoms with Crippen molar-refractivity contribution in [3.05, 3.63) is 35.4 Å². The van der Waals surface area contributed by atoms with Crippen LogP contribution in [-0.4, -0.2) is 49.8 Å². The summed E-state index contributed by atoms with van der Waals surface area (Å²) in [6, 6.07) is 7.25. The minimum atomic E-state index is -0.867. The molecule has 1 aromatic carbocycles. The van der Waals surface area contributed by atoms with Crippen molar-refractivity contribution in [2.24, 2.45) is 5.73 Å². The molecule has 0 spiro atoms. The van der Waals surface area contributed by atoms with Crippen LogP contribution in [0.5, 0.6) is 0 Å². The number of hydrogen-bond acceptors (Lipinski definition) is 5. The number of carbonyl (C=O) groups is 2. The van der Waals surface area contributed by atoms with Gasteiger partial charge in [-0.25, -0.2) is 0 Å². The Morgan fingerprint density at radius 3 is 2.73 bits per heavy atom. The van der Waals surface area contributed by atoms with Crippen molar-refractivity contribution >= 4 is 11.8 Å². The van der Waals surface area contributed by atoms with Crippen LogP contribution in [0, 0.1) is 0 Å². The van der Waals surface area contributed by atoms with E-state index < -0.39 is 5.54 Å². The van der Waals surface area contributed by atoms with E-state index >= 15 is 0 Å². The molecule has 2 fully saturated rings. The van der Waals surface area contributed by atoms with Crippen LogP contribution < -0.4 is 16.4 Å². The molecule has 7 nitrogen and oxygen atoms in total. The third-order valence-corrected chi connectivity index (χ3v) is 4.99. The molecule has 0 bridgehead atoms. The highest BCUT2D eigenvalue weighted by Gasteiger charge is 2.35. The van der Waals surface area contributed by atoms with Crippen LogP contribution in [-0.2, 0) is 20.8 Å². The molecule has 0 aliphatic carbocycles. The first-order valence-electron chi connectivity index (χ1n) is 9.20. The van der Waals surface area contributed by atoms with Crippen molar-refractivity contribution in [1.29, 1.82) is 0 Å². The van der Waals surface area contributed by atoms with E-state index in [0.29, 0.717) is 44.7 Å². The fourth-order valence-electron chi connectivity index (χ4n) is 3.26. The number of benzene rings is 1. The van der Waals surface area contributed by atoms with Crippen molar-refractivity contribution in [1.82, 2.24) is 10.6 Å². The largest absolute Gasteiger partial charge is 0.381 e. The fourth-order valence-corrected chi connectivity index (χ4v) is 3.26. The summed E-state index contributed by atoms with van der Waals surface area (Å²) >= 11 is 0. The van der Waals surface area contributed by atoms with E-state index in [1.807, 2.05) is 12.1 Å². The molecule has 2 aliphatic rings. The summed E-state index contributed by atoms with van der Waals surface area (Å²) in [7, 11) is 0. The lowest BCUT2D eigenvalue weighted by Gasteiger charge is -2.31. The van der Waals surface area contributed by atoms with Crippen LogP contribution >= 0.6 is 0 Å². The van der Waals surface area contributed by atoms with E-state index in [1.54, 1.807) is 12.1 Å². The van der Waals surface area contributed by atoms with Crippen LogP contribution in [0.4, 0.5) is 0 Å². The lowest BCUT2D eigenvalue weighted by molar-refractivity contribution is -0.129. The van der Waals surface area contributed by atoms with Gasteiger partial charge in [-0.2, -0.15) is 0 Å². The number of rotatable bonds is 6. The molecular formula is C19H27N3O4. The van der Waals surface area contributed by atoms with Gasteiger partial charge in [-0.3, -0.25) is 9.59 Å². The molecule has 142 valence electrons. The Hall–Kier alpha value is -1.96. The molecule has 0 radical (unpaired) electrons. The number of nitrogens with two attached hydrogens (primary N) is 1. The molecule has 1 atom stereocenters. The summed E-state index contributed by atoms with van der Waals surface area (Å²) in [5, 5.41) is 5.79. The average Bonchev–Trinajstić information content (AvgIpc) is 3.18. The topological polar surface area (TPSA) is 103 Å². The lowest BCUT2D eigenvalue weighted by Crippen LogP contribution is -2.56. The van der Waals surface area contributed by atoms with Crippen molar-refractivity contribution in [2.75, 3.05) is 26.4 Å². The Labute approximate surface area is 153 Å². The standard InChI is InChI=1S/C19H27N3O4/c20-19(6-9-25-10-7-19)18(24)22-12-14-3-1-4-15(11-14)17(23)21-13-16-5-2-8-26-16/h1,3-4,11,16H,2,5-10,12-13,20H2,(H,21,23)(H,22,24). The van der Waals surface area contributed by atoms with Gasteiger partial charge < -0.3 is 25.8 Å². The normalized spacial score (nSPS) is 22.0. The van der Waals surface area contributed by atoms with Gasteiger partial charge in [0.2, 0.25) is 5.91 Å². The van der Waals surface area contributed by atoms with E-state index in [4.69, 9.17) is 15.2 Å². The highest BCUT2D eigenvalue weighted by Crippen LogP contribution is 2.18. The lowest BCUT2D eigenvalue weighted by atomic mass is 9.90. The van der Waals surface area contributed by atoms with Crippen molar-refractivity contribution < 1.29 is 19.1 Å². The molecule has 1 aromatic rings. The first-order valence-corrected chi connectivity index (χ1v) is 9.20. The van der Waals surface area contributed by atoms with Crippen LogP contribution in [0.15, 0.2) is 24.3 Å². The van der Waals surface area contributed by atoms with Gasteiger partial charge in [0.05, 0.1) is 11.6 Å². The van der Waals surface area contributed by atoms with E-state index in [0.717, 1.165) is 25.0 Å². The maximum absolute atomic E-state index is 12.4. The molecule has 2 saturated heterocycles. The van der Waals surface area contributed by atoms with Crippen molar-refractivity contribution in [3.8, 4) is 0 Å². The van der Waals surface area contributed by atoms with Gasteiger partial charge in [-0.05, 0) is 43.4 Å². The maximum Gasteiger partial charge on any atom is 0.251 e. The first kappa shape index (κ1) is 18.8. The second-order valence-electron chi connectivity index (χ2n) is 7.00. The minimum absolute atomic E-state index is 0.113. The summed E-state index contributed by atoms with van der Waals surface area (Å²) in [6.45, 7) is 2.64. The monoisotopic (exact) mass is 361 g/mol. The Morgan fingerprint density at radius 1 is 1.19 bits per heavy atom. The third kappa shape index (κ3) is 4.81. The number of nitrogens with one attached hydrogen (secondary N) is 2. The molecule has 2 aliphatic heterocycles. The second kappa shape index (κ2) is 8.62. The minimum Gasteiger partial charge on any atom is -0.381 e. The van der Waals surface area contributed by atoms with Crippen LogP contribution in [0.1, 0.15) is 41.6 Å². The van der Waals surface area contributed by atoms with Crippen molar-refractivity contribution in [3.63, 3.8) is 0 Å². The predicted molar refractivity (Wildman–Crippen MR) is 96.6 cm³/mol. The van der Waals surface area contributed by atoms with Gasteiger partial charge in [0.25, 0.3) is 5.91 Å². The van der Waals surface area contributed by atoms with Crippen LogP contribution in [0.3, 0.4) is 0 Å². The van der Waals surface area contributed by atoms with Crippen LogP contribution in [0.25, 0.3) is 0 Å². The Kier molecular flexibility index (Phi) is 6.24. The molecular weight excluding hydrogens is 334 g/mol. The highest BCUT2D eigenvalue weighted by molar-refractivity contribution is 5.94. The summed E-state index contributed by atoms with van der Waals surface area (Å²) < 4.78 is 10.8. The Bertz CT molecular complexity index is 637. The SMILES string of the molecule is NC1(C(=O)NCc2cccc(C(=O)NCC3CCCO3)c2)CCOCC1. The van der Waals surface area contributed by atoms with E-state index in [-0.39, 0.29) is 17.9 Å². The van der Waals surface area contributed by atoms with Crippen LogP contribution in [0.2, 0.25) is 0 Å². The molecule has 2 heterocycles. The van der Waals surface area contributed by atoms with Gasteiger partial charge in [-0.1, -0.05) is 12.1 Å². The quantitative estimate of drug-likeness (QED) is 0.693. The Balaban J connectivity index is 1.51. The van der Waals surface area contributed by atoms with Gasteiger partial charge in [0.15, 0.2) is 0 Å². The maximum atomic E-state index is 12.4. The van der Waals surface area contributed by atoms with Gasteiger partial charge in [0.1, 0.15) is 0 Å². The Morgan fingerprint density at radius 2 is 2.00 bits per heavy atom.